The summed E-state index contributed by atoms with van der Waals surface area (Å²) >= 11 is 6.07. The van der Waals surface area contributed by atoms with E-state index in [1.54, 1.807) is 31.2 Å². The number of carbonyl (C=O) groups excluding carboxylic acids is 1. The summed E-state index contributed by atoms with van der Waals surface area (Å²) in [6.07, 6.45) is 2.93. The first-order chi connectivity index (χ1) is 15.2. The van der Waals surface area contributed by atoms with Crippen LogP contribution in [0.5, 0.6) is 0 Å². The molecule has 0 radical (unpaired) electrons. The van der Waals surface area contributed by atoms with Crippen molar-refractivity contribution in [1.29, 1.82) is 0 Å². The zero-order valence-electron chi connectivity index (χ0n) is 17.4. The number of pyridine rings is 1. The van der Waals surface area contributed by atoms with Crippen LogP contribution in [0.15, 0.2) is 71.9 Å². The van der Waals surface area contributed by atoms with Crippen LogP contribution in [0.2, 0.25) is 5.02 Å². The van der Waals surface area contributed by atoms with E-state index in [0.29, 0.717) is 22.8 Å². The van der Waals surface area contributed by atoms with Crippen molar-refractivity contribution in [2.24, 2.45) is 0 Å². The third kappa shape index (κ3) is 4.54. The van der Waals surface area contributed by atoms with Crippen LogP contribution < -0.4 is 4.72 Å². The van der Waals surface area contributed by atoms with Crippen molar-refractivity contribution >= 4 is 33.1 Å². The van der Waals surface area contributed by atoms with Crippen molar-refractivity contribution in [2.75, 3.05) is 11.3 Å². The Labute approximate surface area is 191 Å². The van der Waals surface area contributed by atoms with Crippen LogP contribution in [0.25, 0.3) is 0 Å². The maximum Gasteiger partial charge on any atom is 0.261 e. The molecular weight excluding hydrogens is 452 g/mol. The molecule has 2 atom stereocenters. The molecule has 2 aromatic carbocycles. The van der Waals surface area contributed by atoms with Crippen molar-refractivity contribution < 1.29 is 22.7 Å². The monoisotopic (exact) mass is 472 g/mol. The lowest BCUT2D eigenvalue weighted by Gasteiger charge is -2.23. The van der Waals surface area contributed by atoms with Gasteiger partial charge < -0.3 is 9.47 Å². The number of hydrogen-bond acceptors (Lipinski definition) is 6. The lowest BCUT2D eigenvalue weighted by atomic mass is 10.0. The minimum Gasteiger partial charge on any atom is -0.343 e. The summed E-state index contributed by atoms with van der Waals surface area (Å²) in [7, 11) is -3.97. The molecule has 2 heterocycles. The van der Waals surface area contributed by atoms with Gasteiger partial charge in [-0.2, -0.15) is 0 Å². The van der Waals surface area contributed by atoms with E-state index < -0.39 is 15.8 Å². The van der Waals surface area contributed by atoms with Crippen LogP contribution in [-0.2, 0) is 25.3 Å². The van der Waals surface area contributed by atoms with Gasteiger partial charge in [-0.3, -0.25) is 14.5 Å². The Bertz CT molecular complexity index is 1250. The second kappa shape index (κ2) is 8.63. The molecule has 1 N–H and O–H groups in total. The molecule has 0 aliphatic carbocycles. The maximum absolute atomic E-state index is 13.0. The van der Waals surface area contributed by atoms with Gasteiger partial charge in [-0.15, -0.1) is 0 Å². The summed E-state index contributed by atoms with van der Waals surface area (Å²) in [5.74, 6) is -1.30. The van der Waals surface area contributed by atoms with Crippen LogP contribution >= 0.6 is 11.6 Å². The van der Waals surface area contributed by atoms with Gasteiger partial charge in [0.15, 0.2) is 11.6 Å². The molecule has 1 saturated heterocycles. The fourth-order valence-electron chi connectivity index (χ4n) is 3.47. The molecule has 0 bridgehead atoms. The summed E-state index contributed by atoms with van der Waals surface area (Å²) in [6, 6.07) is 13.8. The Hall–Kier alpha value is -2.78. The molecule has 32 heavy (non-hydrogen) atoms. The van der Waals surface area contributed by atoms with E-state index in [1.165, 1.54) is 42.7 Å². The second-order valence-corrected chi connectivity index (χ2v) is 9.69. The Kier molecular flexibility index (Phi) is 6.05. The van der Waals surface area contributed by atoms with Crippen LogP contribution in [-0.4, -0.2) is 31.9 Å². The van der Waals surface area contributed by atoms with Crippen molar-refractivity contribution in [3.63, 3.8) is 0 Å². The van der Waals surface area contributed by atoms with Gasteiger partial charge >= 0.3 is 0 Å². The quantitative estimate of drug-likeness (QED) is 0.535. The average molecular weight is 473 g/mol. The van der Waals surface area contributed by atoms with Crippen molar-refractivity contribution in [3.8, 4) is 0 Å². The first-order valence-electron chi connectivity index (χ1n) is 9.87. The van der Waals surface area contributed by atoms with Gasteiger partial charge in [-0.25, -0.2) is 8.42 Å². The molecule has 1 aliphatic heterocycles. The number of ketones is 1. The first-order valence-corrected chi connectivity index (χ1v) is 11.7. The summed E-state index contributed by atoms with van der Waals surface area (Å²) in [5.41, 5.74) is 1.34. The molecule has 9 heteroatoms. The minimum absolute atomic E-state index is 0.0353. The number of carbonyl (C=O) groups is 1. The number of halogens is 1. The number of ether oxygens (including phenoxy) is 2. The van der Waals surface area contributed by atoms with Gasteiger partial charge in [0.25, 0.3) is 10.0 Å². The van der Waals surface area contributed by atoms with E-state index in [4.69, 9.17) is 21.1 Å². The number of benzene rings is 2. The maximum atomic E-state index is 13.0. The lowest BCUT2D eigenvalue weighted by Crippen LogP contribution is -2.23. The van der Waals surface area contributed by atoms with Gasteiger partial charge in [0, 0.05) is 34.1 Å². The number of nitrogens with one attached hydrogen (secondary N) is 1. The molecular formula is C23H21ClN2O5S. The molecule has 3 aromatic rings. The van der Waals surface area contributed by atoms with E-state index in [2.05, 4.69) is 9.71 Å². The fourth-order valence-corrected chi connectivity index (χ4v) is 4.72. The van der Waals surface area contributed by atoms with E-state index in [9.17, 15) is 13.2 Å². The fraction of sp³-hybridized carbons (Fsp3) is 0.217. The third-order valence-corrected chi connectivity index (χ3v) is 6.74. The van der Waals surface area contributed by atoms with Gasteiger partial charge in [-0.1, -0.05) is 23.7 Å². The van der Waals surface area contributed by atoms with Crippen LogP contribution in [0.3, 0.4) is 0 Å². The predicted molar refractivity (Wildman–Crippen MR) is 120 cm³/mol. The largest absolute Gasteiger partial charge is 0.343 e. The predicted octanol–water partition coefficient (Wildman–Crippen LogP) is 4.37. The number of anilines is 1. The van der Waals surface area contributed by atoms with Gasteiger partial charge in [-0.05, 0) is 56.3 Å². The third-order valence-electron chi connectivity index (χ3n) is 5.12. The molecule has 0 amide bonds. The molecule has 4 rings (SSSR count). The Morgan fingerprint density at radius 1 is 1.12 bits per heavy atom. The first kappa shape index (κ1) is 22.4. The molecule has 0 spiro atoms. The Balaban J connectivity index is 1.62. The van der Waals surface area contributed by atoms with Gasteiger partial charge in [0.2, 0.25) is 0 Å². The topological polar surface area (TPSA) is 94.6 Å². The summed E-state index contributed by atoms with van der Waals surface area (Å²) in [6.45, 7) is 4.16. The van der Waals surface area contributed by atoms with Crippen LogP contribution in [0.1, 0.15) is 35.3 Å². The number of sulfonamides is 1. The van der Waals surface area contributed by atoms with Crippen molar-refractivity contribution in [2.45, 2.75) is 30.6 Å². The summed E-state index contributed by atoms with van der Waals surface area (Å²) in [5, 5.41) is 0.314. The van der Waals surface area contributed by atoms with Crippen molar-refractivity contribution in [3.05, 3.63) is 88.7 Å². The van der Waals surface area contributed by atoms with Crippen molar-refractivity contribution in [1.82, 2.24) is 4.98 Å². The Morgan fingerprint density at radius 2 is 1.81 bits per heavy atom. The molecule has 1 aromatic heterocycles. The normalized spacial score (nSPS) is 20.8. The SMILES string of the molecule is CC1COC(C)(c2ccc(S(=O)(=O)Nc3ccc(Cl)cc3C(=O)c3ccncc3)cc2)O1. The Morgan fingerprint density at radius 3 is 2.44 bits per heavy atom. The highest BCUT2D eigenvalue weighted by Gasteiger charge is 2.37. The minimum atomic E-state index is -3.97. The number of hydrogen-bond donors (Lipinski definition) is 1. The molecule has 1 aliphatic rings. The smallest absolute Gasteiger partial charge is 0.261 e. The van der Waals surface area contributed by atoms with Crippen LogP contribution in [0, 0.1) is 0 Å². The number of aromatic nitrogens is 1. The molecule has 7 nitrogen and oxygen atoms in total. The average Bonchev–Trinajstić information content (AvgIpc) is 3.14. The zero-order chi connectivity index (χ0) is 22.9. The van der Waals surface area contributed by atoms with E-state index in [-0.39, 0.29) is 28.0 Å². The molecule has 0 saturated carbocycles. The zero-order valence-corrected chi connectivity index (χ0v) is 19.0. The molecule has 1 fully saturated rings. The summed E-state index contributed by atoms with van der Waals surface area (Å²) in [4.78, 5) is 16.9. The highest BCUT2D eigenvalue weighted by molar-refractivity contribution is 7.92. The summed E-state index contributed by atoms with van der Waals surface area (Å²) < 4.78 is 40.1. The van der Waals surface area contributed by atoms with E-state index in [1.807, 2.05) is 6.92 Å². The van der Waals surface area contributed by atoms with Crippen LogP contribution in [0.4, 0.5) is 5.69 Å². The van der Waals surface area contributed by atoms with Gasteiger partial charge in [0.1, 0.15) is 0 Å². The number of nitrogens with zero attached hydrogens (tertiary/aromatic N) is 1. The molecule has 2 unspecified atom stereocenters. The van der Waals surface area contributed by atoms with Gasteiger partial charge in [0.05, 0.1) is 23.3 Å². The second-order valence-electron chi connectivity index (χ2n) is 7.57. The van der Waals surface area contributed by atoms with E-state index >= 15 is 0 Å². The lowest BCUT2D eigenvalue weighted by molar-refractivity contribution is -0.159. The molecule has 166 valence electrons. The highest BCUT2D eigenvalue weighted by atomic mass is 35.5. The number of rotatable bonds is 6. The highest BCUT2D eigenvalue weighted by Crippen LogP contribution is 2.34. The standard InChI is InChI=1S/C23H21ClN2O5S/c1-15-14-30-23(2,31-15)17-3-6-19(7-4-17)32(28,29)26-21-8-5-18(24)13-20(21)22(27)16-9-11-25-12-10-16/h3-13,15,26H,14H2,1-2H3. The van der Waals surface area contributed by atoms with E-state index in [0.717, 1.165) is 0 Å².